The lowest BCUT2D eigenvalue weighted by Gasteiger charge is -2.09. The summed E-state index contributed by atoms with van der Waals surface area (Å²) in [5, 5.41) is 19.4. The summed E-state index contributed by atoms with van der Waals surface area (Å²) in [6.07, 6.45) is 5.38. The van der Waals surface area contributed by atoms with Gasteiger partial charge in [0.05, 0.1) is 32.3 Å². The van der Waals surface area contributed by atoms with E-state index in [1.54, 1.807) is 26.6 Å². The molecule has 8 nitrogen and oxygen atoms in total. The summed E-state index contributed by atoms with van der Waals surface area (Å²) in [7, 11) is 3.23. The first-order valence-corrected chi connectivity index (χ1v) is 10.6. The third-order valence-electron chi connectivity index (χ3n) is 5.36. The largest absolute Gasteiger partial charge is 0.493 e. The Morgan fingerprint density at radius 1 is 0.912 bits per heavy atom. The molecule has 0 unspecified atom stereocenters. The van der Waals surface area contributed by atoms with Crippen LogP contribution in [0.1, 0.15) is 5.56 Å². The number of rotatable bonds is 7. The molecule has 0 amide bonds. The number of benzene rings is 3. The van der Waals surface area contributed by atoms with Gasteiger partial charge in [0.25, 0.3) is 0 Å². The van der Waals surface area contributed by atoms with E-state index in [2.05, 4.69) is 20.7 Å². The number of hydrazone groups is 1. The van der Waals surface area contributed by atoms with E-state index in [1.807, 2.05) is 83.7 Å². The van der Waals surface area contributed by atoms with E-state index >= 15 is 0 Å². The van der Waals surface area contributed by atoms with Gasteiger partial charge in [-0.25, -0.2) is 4.68 Å². The monoisotopic (exact) mass is 450 g/mol. The summed E-state index contributed by atoms with van der Waals surface area (Å²) < 4.78 is 12.7. The van der Waals surface area contributed by atoms with Crippen LogP contribution < -0.4 is 14.9 Å². The Morgan fingerprint density at radius 3 is 2.53 bits per heavy atom. The first-order valence-electron chi connectivity index (χ1n) is 10.6. The third kappa shape index (κ3) is 4.16. The van der Waals surface area contributed by atoms with Crippen molar-refractivity contribution < 1.29 is 9.47 Å². The Balaban J connectivity index is 1.53. The standard InChI is InChI=1S/C26H22N6O2/c1-33-23-13-12-18(14-24(23)34-2)25-20(17-32(31-25)21-9-4-3-5-10-21)16-28-30-26-22-11-7-6-8-19(22)15-27-29-26/h3-17H,1-2H3,(H,29,30)/b28-16-. The molecule has 0 spiro atoms. The van der Waals surface area contributed by atoms with Crippen LogP contribution in [-0.2, 0) is 0 Å². The van der Waals surface area contributed by atoms with Crippen molar-refractivity contribution in [2.75, 3.05) is 19.6 Å². The van der Waals surface area contributed by atoms with Crippen molar-refractivity contribution in [2.24, 2.45) is 5.10 Å². The average molecular weight is 451 g/mol. The number of methoxy groups -OCH3 is 2. The number of ether oxygens (including phenoxy) is 2. The summed E-state index contributed by atoms with van der Waals surface area (Å²) in [5.74, 6) is 1.86. The topological polar surface area (TPSA) is 86.5 Å². The van der Waals surface area contributed by atoms with Crippen LogP contribution in [-0.4, -0.2) is 40.4 Å². The van der Waals surface area contributed by atoms with Crippen LogP contribution in [0, 0.1) is 0 Å². The second-order valence-corrected chi connectivity index (χ2v) is 7.43. The second-order valence-electron chi connectivity index (χ2n) is 7.43. The molecule has 5 aromatic rings. The average Bonchev–Trinajstić information content (AvgIpc) is 3.33. The molecule has 34 heavy (non-hydrogen) atoms. The molecule has 0 atom stereocenters. The molecule has 2 heterocycles. The van der Waals surface area contributed by atoms with Crippen LogP contribution in [0.2, 0.25) is 0 Å². The van der Waals surface area contributed by atoms with Crippen LogP contribution in [0.4, 0.5) is 5.82 Å². The van der Waals surface area contributed by atoms with Crippen LogP contribution in [0.3, 0.4) is 0 Å². The van der Waals surface area contributed by atoms with E-state index in [0.717, 1.165) is 33.3 Å². The molecule has 2 aromatic heterocycles. The van der Waals surface area contributed by atoms with Crippen LogP contribution in [0.25, 0.3) is 27.7 Å². The molecule has 3 aromatic carbocycles. The fraction of sp³-hybridized carbons (Fsp3) is 0.0769. The molecule has 0 aliphatic carbocycles. The molecular weight excluding hydrogens is 428 g/mol. The van der Waals surface area contributed by atoms with Gasteiger partial charge in [0.2, 0.25) is 0 Å². The van der Waals surface area contributed by atoms with E-state index < -0.39 is 0 Å². The van der Waals surface area contributed by atoms with E-state index in [9.17, 15) is 0 Å². The summed E-state index contributed by atoms with van der Waals surface area (Å²) in [5.41, 5.74) is 6.40. The van der Waals surface area contributed by atoms with E-state index in [1.165, 1.54) is 0 Å². The highest BCUT2D eigenvalue weighted by Crippen LogP contribution is 2.33. The predicted molar refractivity (Wildman–Crippen MR) is 133 cm³/mol. The van der Waals surface area contributed by atoms with Crippen LogP contribution in [0.5, 0.6) is 11.5 Å². The smallest absolute Gasteiger partial charge is 0.176 e. The van der Waals surface area contributed by atoms with E-state index in [4.69, 9.17) is 14.6 Å². The molecule has 0 aliphatic rings. The number of aromatic nitrogens is 4. The van der Waals surface area contributed by atoms with Crippen molar-refractivity contribution in [3.8, 4) is 28.4 Å². The molecule has 0 saturated carbocycles. The lowest BCUT2D eigenvalue weighted by molar-refractivity contribution is 0.355. The normalized spacial score (nSPS) is 11.1. The minimum atomic E-state index is 0.581. The van der Waals surface area contributed by atoms with E-state index in [0.29, 0.717) is 17.3 Å². The van der Waals surface area contributed by atoms with Crippen LogP contribution >= 0.6 is 0 Å². The SMILES string of the molecule is COc1ccc(-c2nn(-c3ccccc3)cc2/C=N\Nc2nncc3ccccc23)cc1OC. The highest BCUT2D eigenvalue weighted by Gasteiger charge is 2.14. The number of fused-ring (bicyclic) bond motifs is 1. The van der Waals surface area contributed by atoms with Gasteiger partial charge < -0.3 is 9.47 Å². The van der Waals surface area contributed by atoms with Gasteiger partial charge >= 0.3 is 0 Å². The maximum absolute atomic E-state index is 5.49. The van der Waals surface area contributed by atoms with Gasteiger partial charge in [-0.05, 0) is 30.3 Å². The number of nitrogens with zero attached hydrogens (tertiary/aromatic N) is 5. The highest BCUT2D eigenvalue weighted by molar-refractivity contribution is 5.92. The van der Waals surface area contributed by atoms with Gasteiger partial charge in [0.15, 0.2) is 17.3 Å². The molecule has 1 N–H and O–H groups in total. The Labute approximate surface area is 196 Å². The molecule has 0 aliphatic heterocycles. The van der Waals surface area contributed by atoms with Crippen molar-refractivity contribution in [3.05, 3.63) is 90.8 Å². The van der Waals surface area contributed by atoms with Crippen molar-refractivity contribution in [2.45, 2.75) is 0 Å². The Bertz CT molecular complexity index is 1460. The van der Waals surface area contributed by atoms with Gasteiger partial charge in [-0.3, -0.25) is 5.43 Å². The molecular formula is C26H22N6O2. The summed E-state index contributed by atoms with van der Waals surface area (Å²) >= 11 is 0. The van der Waals surface area contributed by atoms with Crippen LogP contribution in [0.15, 0.2) is 90.3 Å². The van der Waals surface area contributed by atoms with Gasteiger partial charge in [-0.1, -0.05) is 42.5 Å². The van der Waals surface area contributed by atoms with E-state index in [-0.39, 0.29) is 0 Å². The number of para-hydroxylation sites is 1. The molecule has 0 saturated heterocycles. The zero-order valence-electron chi connectivity index (χ0n) is 18.7. The fourth-order valence-corrected chi connectivity index (χ4v) is 3.68. The predicted octanol–water partition coefficient (Wildman–Crippen LogP) is 4.95. The first-order chi connectivity index (χ1) is 16.8. The Kier molecular flexibility index (Phi) is 5.85. The molecule has 8 heteroatoms. The Morgan fingerprint density at radius 2 is 1.71 bits per heavy atom. The van der Waals surface area contributed by atoms with Crippen molar-refractivity contribution in [1.82, 2.24) is 20.0 Å². The molecule has 0 bridgehead atoms. The second kappa shape index (κ2) is 9.41. The lowest BCUT2D eigenvalue weighted by Crippen LogP contribution is -1.97. The van der Waals surface area contributed by atoms with Gasteiger partial charge in [-0.2, -0.15) is 15.3 Å². The van der Waals surface area contributed by atoms with Crippen molar-refractivity contribution >= 4 is 22.8 Å². The zero-order chi connectivity index (χ0) is 23.3. The maximum Gasteiger partial charge on any atom is 0.176 e. The third-order valence-corrected chi connectivity index (χ3v) is 5.36. The summed E-state index contributed by atoms with van der Waals surface area (Å²) in [6, 6.07) is 23.5. The number of nitrogens with one attached hydrogen (secondary N) is 1. The zero-order valence-corrected chi connectivity index (χ0v) is 18.7. The first kappa shape index (κ1) is 21.1. The number of anilines is 1. The maximum atomic E-state index is 5.49. The quantitative estimate of drug-likeness (QED) is 0.279. The minimum absolute atomic E-state index is 0.581. The molecule has 0 fully saturated rings. The number of hydrogen-bond acceptors (Lipinski definition) is 7. The lowest BCUT2D eigenvalue weighted by atomic mass is 10.1. The van der Waals surface area contributed by atoms with Gasteiger partial charge in [-0.15, -0.1) is 5.10 Å². The fourth-order valence-electron chi connectivity index (χ4n) is 3.68. The van der Waals surface area contributed by atoms with Gasteiger partial charge in [0, 0.05) is 28.1 Å². The summed E-state index contributed by atoms with van der Waals surface area (Å²) in [4.78, 5) is 0. The van der Waals surface area contributed by atoms with Crippen molar-refractivity contribution in [1.29, 1.82) is 0 Å². The number of hydrogen-bond donors (Lipinski definition) is 1. The summed E-state index contributed by atoms with van der Waals surface area (Å²) in [6.45, 7) is 0. The highest BCUT2D eigenvalue weighted by atomic mass is 16.5. The Hall–Kier alpha value is -4.72. The minimum Gasteiger partial charge on any atom is -0.493 e. The molecule has 0 radical (unpaired) electrons. The van der Waals surface area contributed by atoms with Gasteiger partial charge in [0.1, 0.15) is 5.69 Å². The van der Waals surface area contributed by atoms with Crippen molar-refractivity contribution in [3.63, 3.8) is 0 Å². The molecule has 168 valence electrons. The molecule has 5 rings (SSSR count).